The molecule has 3 heterocycles. The number of carbonyl (C=O) groups is 2. The van der Waals surface area contributed by atoms with Crippen molar-refractivity contribution in [3.05, 3.63) is 47.9 Å². The maximum Gasteiger partial charge on any atom is 0.339 e. The third-order valence-electron chi connectivity index (χ3n) is 8.11. The number of pyridine rings is 1. The number of hydrogen-bond donors (Lipinski definition) is 1. The van der Waals surface area contributed by atoms with Crippen molar-refractivity contribution in [3.63, 3.8) is 0 Å². The van der Waals surface area contributed by atoms with Gasteiger partial charge in [-0.25, -0.2) is 9.78 Å². The molecule has 8 nitrogen and oxygen atoms in total. The fourth-order valence-corrected chi connectivity index (χ4v) is 5.73. The molecule has 1 atom stereocenters. The Hall–Kier alpha value is -3.55. The number of para-hydroxylation sites is 1. The number of nitrogens with zero attached hydrogens (tertiary/aromatic N) is 5. The van der Waals surface area contributed by atoms with Crippen LogP contribution in [0.25, 0.3) is 22.2 Å². The summed E-state index contributed by atoms with van der Waals surface area (Å²) in [4.78, 5) is 43.8. The highest BCUT2D eigenvalue weighted by Gasteiger charge is 2.45. The molecule has 3 saturated carbocycles. The molecule has 8 heteroatoms. The smallest absolute Gasteiger partial charge is 0.339 e. The van der Waals surface area contributed by atoms with Gasteiger partial charge in [0.25, 0.3) is 0 Å². The number of aromatic nitrogens is 3. The van der Waals surface area contributed by atoms with Crippen LogP contribution < -0.4 is 4.90 Å². The van der Waals surface area contributed by atoms with Gasteiger partial charge in [0.15, 0.2) is 0 Å². The van der Waals surface area contributed by atoms with E-state index in [0.29, 0.717) is 43.2 Å². The number of hydrogen-bond acceptors (Lipinski definition) is 6. The molecule has 3 aromatic rings. The van der Waals surface area contributed by atoms with Crippen molar-refractivity contribution < 1.29 is 14.7 Å². The lowest BCUT2D eigenvalue weighted by Gasteiger charge is -2.43. The third kappa shape index (κ3) is 3.79. The number of rotatable bonds is 6. The third-order valence-corrected chi connectivity index (χ3v) is 8.11. The van der Waals surface area contributed by atoms with E-state index in [0.717, 1.165) is 66.4 Å². The van der Waals surface area contributed by atoms with E-state index in [1.165, 1.54) is 0 Å². The lowest BCUT2D eigenvalue weighted by atomic mass is 9.97. The van der Waals surface area contributed by atoms with Crippen LogP contribution in [-0.4, -0.2) is 62.5 Å². The zero-order valence-corrected chi connectivity index (χ0v) is 20.1. The van der Waals surface area contributed by atoms with Crippen LogP contribution in [0.15, 0.2) is 36.7 Å². The summed E-state index contributed by atoms with van der Waals surface area (Å²) in [5.41, 5.74) is 4.42. The van der Waals surface area contributed by atoms with E-state index in [1.807, 2.05) is 18.2 Å². The second-order valence-corrected chi connectivity index (χ2v) is 10.8. The maximum atomic E-state index is 13.0. The van der Waals surface area contributed by atoms with Gasteiger partial charge in [0.05, 0.1) is 22.8 Å². The average Bonchev–Trinajstić information content (AvgIpc) is 3.76. The fourth-order valence-electron chi connectivity index (χ4n) is 5.73. The van der Waals surface area contributed by atoms with Crippen LogP contribution in [0.4, 0.5) is 5.82 Å². The Morgan fingerprint density at radius 3 is 2.47 bits per heavy atom. The molecule has 36 heavy (non-hydrogen) atoms. The molecule has 7 rings (SSSR count). The number of carbonyl (C=O) groups excluding carboxylic acids is 1. The number of carboxylic acid groups (broad SMARTS) is 1. The highest BCUT2D eigenvalue weighted by Crippen LogP contribution is 2.46. The molecule has 0 bridgehead atoms. The van der Waals surface area contributed by atoms with Gasteiger partial charge in [-0.05, 0) is 56.6 Å². The minimum absolute atomic E-state index is 0.146. The largest absolute Gasteiger partial charge is 0.478 e. The monoisotopic (exact) mass is 483 g/mol. The van der Waals surface area contributed by atoms with Crippen molar-refractivity contribution in [2.45, 2.75) is 50.5 Å². The number of anilines is 1. The van der Waals surface area contributed by atoms with E-state index in [2.05, 4.69) is 19.8 Å². The van der Waals surface area contributed by atoms with Crippen molar-refractivity contribution in [2.75, 3.05) is 24.5 Å². The molecule has 1 aliphatic heterocycles. The van der Waals surface area contributed by atoms with Crippen LogP contribution in [0.1, 0.15) is 60.5 Å². The van der Waals surface area contributed by atoms with Crippen LogP contribution in [0.3, 0.4) is 0 Å². The molecule has 0 radical (unpaired) electrons. The second kappa shape index (κ2) is 8.25. The molecule has 1 N–H and O–H groups in total. The van der Waals surface area contributed by atoms with E-state index in [1.54, 1.807) is 18.5 Å². The molecule has 1 saturated heterocycles. The van der Waals surface area contributed by atoms with Crippen molar-refractivity contribution in [2.24, 2.45) is 11.8 Å². The molecule has 2 aromatic heterocycles. The molecule has 1 aromatic carbocycles. The summed E-state index contributed by atoms with van der Waals surface area (Å²) in [5.74, 6) is 0.903. The molecule has 0 unspecified atom stereocenters. The van der Waals surface area contributed by atoms with Crippen LogP contribution in [0.5, 0.6) is 0 Å². The Morgan fingerprint density at radius 2 is 1.75 bits per heavy atom. The molecule has 4 aliphatic rings. The maximum absolute atomic E-state index is 13.0. The Kier molecular flexibility index (Phi) is 4.98. The predicted octanol–water partition coefficient (Wildman–Crippen LogP) is 4.10. The highest BCUT2D eigenvalue weighted by atomic mass is 16.4. The molecular weight excluding hydrogens is 454 g/mol. The van der Waals surface area contributed by atoms with Crippen LogP contribution >= 0.6 is 0 Å². The van der Waals surface area contributed by atoms with E-state index < -0.39 is 5.97 Å². The van der Waals surface area contributed by atoms with Gasteiger partial charge in [0.1, 0.15) is 11.4 Å². The van der Waals surface area contributed by atoms with Crippen molar-refractivity contribution in [1.29, 1.82) is 0 Å². The first-order chi connectivity index (χ1) is 17.6. The van der Waals surface area contributed by atoms with E-state index in [4.69, 9.17) is 4.98 Å². The Balaban J connectivity index is 1.30. The summed E-state index contributed by atoms with van der Waals surface area (Å²) in [5, 5.41) is 10.3. The standard InChI is InChI=1S/C28H29N5O3/c34-27(18-8-9-18)33-13-12-32(15-23(33)16-4-5-16)26-21(28(35)36)14-20(24(31-26)17-6-7-17)19-2-1-3-22-25(19)30-11-10-29-22/h1-3,10-11,14,16-18,23H,4-9,12-13,15H2,(H,35,36)/t23-/m0/s1. The second-order valence-electron chi connectivity index (χ2n) is 10.8. The zero-order valence-electron chi connectivity index (χ0n) is 20.1. The van der Waals surface area contributed by atoms with Crippen LogP contribution in [-0.2, 0) is 4.79 Å². The van der Waals surface area contributed by atoms with Gasteiger partial charge in [-0.1, -0.05) is 12.1 Å². The lowest BCUT2D eigenvalue weighted by Crippen LogP contribution is -2.57. The first-order valence-corrected chi connectivity index (χ1v) is 13.1. The topological polar surface area (TPSA) is 99.5 Å². The SMILES string of the molecule is O=C(O)c1cc(-c2cccc3nccnc23)c(C2CC2)nc1N1CCN(C(=O)C2CC2)[C@H](C2CC2)C1. The van der Waals surface area contributed by atoms with E-state index >= 15 is 0 Å². The number of amides is 1. The molecule has 1 amide bonds. The molecule has 4 fully saturated rings. The minimum atomic E-state index is -0.980. The predicted molar refractivity (Wildman–Crippen MR) is 135 cm³/mol. The van der Waals surface area contributed by atoms with Gasteiger partial charge in [0, 0.05) is 55.0 Å². The summed E-state index contributed by atoms with van der Waals surface area (Å²) in [7, 11) is 0. The summed E-state index contributed by atoms with van der Waals surface area (Å²) < 4.78 is 0. The molecule has 184 valence electrons. The summed E-state index contributed by atoms with van der Waals surface area (Å²) in [6.45, 7) is 1.90. The van der Waals surface area contributed by atoms with Crippen molar-refractivity contribution in [3.8, 4) is 11.1 Å². The minimum Gasteiger partial charge on any atom is -0.478 e. The molecule has 0 spiro atoms. The Bertz CT molecular complexity index is 1370. The summed E-state index contributed by atoms with van der Waals surface area (Å²) in [6, 6.07) is 7.79. The Morgan fingerprint density at radius 1 is 0.944 bits per heavy atom. The van der Waals surface area contributed by atoms with E-state index in [9.17, 15) is 14.7 Å². The van der Waals surface area contributed by atoms with Gasteiger partial charge in [-0.15, -0.1) is 0 Å². The van der Waals surface area contributed by atoms with Gasteiger partial charge in [0.2, 0.25) is 5.91 Å². The molecule has 3 aliphatic carbocycles. The normalized spacial score (nSPS) is 22.2. The quantitative estimate of drug-likeness (QED) is 0.563. The van der Waals surface area contributed by atoms with E-state index in [-0.39, 0.29) is 17.5 Å². The van der Waals surface area contributed by atoms with Crippen LogP contribution in [0.2, 0.25) is 0 Å². The first kappa shape index (κ1) is 21.7. The summed E-state index contributed by atoms with van der Waals surface area (Å²) >= 11 is 0. The number of benzene rings is 1. The van der Waals surface area contributed by atoms with Crippen molar-refractivity contribution >= 4 is 28.7 Å². The Labute approximate surface area is 209 Å². The number of fused-ring (bicyclic) bond motifs is 1. The average molecular weight is 484 g/mol. The molecular formula is C28H29N5O3. The zero-order chi connectivity index (χ0) is 24.4. The lowest BCUT2D eigenvalue weighted by molar-refractivity contribution is -0.135. The summed E-state index contributed by atoms with van der Waals surface area (Å²) in [6.07, 6.45) is 9.73. The number of piperazine rings is 1. The van der Waals surface area contributed by atoms with Gasteiger partial charge >= 0.3 is 5.97 Å². The number of carboxylic acids is 1. The van der Waals surface area contributed by atoms with Gasteiger partial charge in [-0.2, -0.15) is 0 Å². The van der Waals surface area contributed by atoms with Crippen LogP contribution in [0, 0.1) is 11.8 Å². The van der Waals surface area contributed by atoms with Gasteiger partial charge in [-0.3, -0.25) is 14.8 Å². The van der Waals surface area contributed by atoms with Gasteiger partial charge < -0.3 is 14.9 Å². The van der Waals surface area contributed by atoms with Crippen molar-refractivity contribution in [1.82, 2.24) is 19.9 Å². The highest BCUT2D eigenvalue weighted by molar-refractivity contribution is 5.98. The fraction of sp³-hybridized carbons (Fsp3) is 0.464. The first-order valence-electron chi connectivity index (χ1n) is 13.1. The number of aromatic carboxylic acids is 1.